The lowest BCUT2D eigenvalue weighted by molar-refractivity contribution is 0.441. The fraction of sp³-hybridized carbons (Fsp3) is 0.188. The largest absolute Gasteiger partial charge is 0.245 e. The lowest BCUT2D eigenvalue weighted by atomic mass is 10.2. The Morgan fingerprint density at radius 3 is 2.28 bits per heavy atom. The van der Waals surface area contributed by atoms with Gasteiger partial charge >= 0.3 is 0 Å². The van der Waals surface area contributed by atoms with Gasteiger partial charge in [-0.05, 0) is 23.8 Å². The maximum Gasteiger partial charge on any atom is 0.245 e. The Labute approximate surface area is 152 Å². The van der Waals surface area contributed by atoms with Crippen LogP contribution in [0.25, 0.3) is 0 Å². The lowest BCUT2D eigenvalue weighted by Gasteiger charge is -2.20. The molecule has 0 saturated carbocycles. The predicted molar refractivity (Wildman–Crippen MR) is 94.2 cm³/mol. The molecule has 0 amide bonds. The van der Waals surface area contributed by atoms with Crippen molar-refractivity contribution in [2.75, 3.05) is 12.8 Å². The van der Waals surface area contributed by atoms with Gasteiger partial charge < -0.3 is 0 Å². The molecule has 0 unspecified atom stereocenters. The number of sulfonamides is 1. The number of halogens is 1. The van der Waals surface area contributed by atoms with Crippen LogP contribution in [-0.2, 0) is 26.4 Å². The smallest absolute Gasteiger partial charge is 0.224 e. The molecule has 2 rings (SSSR count). The molecule has 0 radical (unpaired) electrons. The zero-order valence-corrected chi connectivity index (χ0v) is 15.6. The Morgan fingerprint density at radius 2 is 1.72 bits per heavy atom. The quantitative estimate of drug-likeness (QED) is 0.696. The van der Waals surface area contributed by atoms with Crippen molar-refractivity contribution in [1.29, 1.82) is 5.26 Å². The Kier molecular flexibility index (Phi) is 5.85. The van der Waals surface area contributed by atoms with Gasteiger partial charge in [0.1, 0.15) is 11.4 Å². The van der Waals surface area contributed by atoms with E-state index in [1.165, 1.54) is 12.1 Å². The van der Waals surface area contributed by atoms with Crippen molar-refractivity contribution in [3.05, 3.63) is 59.1 Å². The number of hydrogen-bond donors (Lipinski definition) is 0. The third-order valence-electron chi connectivity index (χ3n) is 3.40. The van der Waals surface area contributed by atoms with Crippen LogP contribution < -0.4 is 0 Å². The monoisotopic (exact) mass is 398 g/mol. The summed E-state index contributed by atoms with van der Waals surface area (Å²) in [6, 6.07) is 14.0. The van der Waals surface area contributed by atoms with Gasteiger partial charge in [0.05, 0.1) is 16.0 Å². The van der Waals surface area contributed by atoms with Gasteiger partial charge in [-0.1, -0.05) is 41.9 Å². The zero-order valence-electron chi connectivity index (χ0n) is 13.3. The van der Waals surface area contributed by atoms with Gasteiger partial charge in [-0.2, -0.15) is 9.57 Å². The first kappa shape index (κ1) is 19.4. The highest BCUT2D eigenvalue weighted by Gasteiger charge is 2.28. The molecule has 2 aromatic carbocycles. The first-order valence-electron chi connectivity index (χ1n) is 7.07. The minimum atomic E-state index is -4.16. The van der Waals surface area contributed by atoms with Crippen molar-refractivity contribution in [3.63, 3.8) is 0 Å². The maximum absolute atomic E-state index is 12.9. The second-order valence-electron chi connectivity index (χ2n) is 5.28. The summed E-state index contributed by atoms with van der Waals surface area (Å²) in [5.41, 5.74) is 0.691. The summed E-state index contributed by atoms with van der Waals surface area (Å²) in [5, 5.41) is 8.89. The molecule has 0 fully saturated rings. The van der Waals surface area contributed by atoms with E-state index in [2.05, 4.69) is 0 Å². The summed E-state index contributed by atoms with van der Waals surface area (Å²) in [5.74, 6) is 0. The highest BCUT2D eigenvalue weighted by Crippen LogP contribution is 2.28. The van der Waals surface area contributed by atoms with E-state index in [9.17, 15) is 16.8 Å². The average molecular weight is 399 g/mol. The van der Waals surface area contributed by atoms with Crippen molar-refractivity contribution in [1.82, 2.24) is 4.31 Å². The van der Waals surface area contributed by atoms with E-state index in [1.54, 1.807) is 30.3 Å². The van der Waals surface area contributed by atoms with E-state index in [1.807, 2.05) is 6.07 Å². The summed E-state index contributed by atoms with van der Waals surface area (Å²) in [4.78, 5) is -0.504. The number of hydrogen-bond acceptors (Lipinski definition) is 5. The van der Waals surface area contributed by atoms with Crippen LogP contribution >= 0.6 is 11.6 Å². The van der Waals surface area contributed by atoms with E-state index < -0.39 is 26.4 Å². The van der Waals surface area contributed by atoms with Crippen molar-refractivity contribution < 1.29 is 16.8 Å². The highest BCUT2D eigenvalue weighted by atomic mass is 35.5. The third kappa shape index (κ3) is 4.58. The van der Waals surface area contributed by atoms with Crippen molar-refractivity contribution in [3.8, 4) is 6.07 Å². The van der Waals surface area contributed by atoms with E-state index in [0.29, 0.717) is 5.56 Å². The molecule has 25 heavy (non-hydrogen) atoms. The summed E-state index contributed by atoms with van der Waals surface area (Å²) in [6.45, 7) is -0.424. The Balaban J connectivity index is 2.52. The summed E-state index contributed by atoms with van der Waals surface area (Å²) in [7, 11) is -7.77. The molecule has 0 spiro atoms. The van der Waals surface area contributed by atoms with Crippen LogP contribution in [0.3, 0.4) is 0 Å². The fourth-order valence-corrected chi connectivity index (χ4v) is 4.69. The first-order chi connectivity index (χ1) is 11.7. The Hall–Kier alpha value is -1.92. The van der Waals surface area contributed by atoms with Gasteiger partial charge in [-0.25, -0.2) is 16.8 Å². The standard InChI is InChI=1S/C16H15ClN2O4S2/c1-24(20,21)14-7-8-15(17)16(11-14)25(22,23)19(10-9-18)12-13-5-3-2-4-6-13/h2-8,11H,10,12H2,1H3. The molecular formula is C16H15ClN2O4S2. The van der Waals surface area contributed by atoms with Gasteiger partial charge in [0.15, 0.2) is 9.84 Å². The Morgan fingerprint density at radius 1 is 1.08 bits per heavy atom. The first-order valence-corrected chi connectivity index (χ1v) is 10.8. The SMILES string of the molecule is CS(=O)(=O)c1ccc(Cl)c(S(=O)(=O)N(CC#N)Cc2ccccc2)c1. The second-order valence-corrected chi connectivity index (χ2v) is 9.61. The molecule has 0 aliphatic carbocycles. The van der Waals surface area contributed by atoms with Crippen molar-refractivity contribution in [2.45, 2.75) is 16.3 Å². The molecule has 0 heterocycles. The molecule has 0 atom stereocenters. The third-order valence-corrected chi connectivity index (χ3v) is 6.78. The molecule has 2 aromatic rings. The number of nitriles is 1. The van der Waals surface area contributed by atoms with Gasteiger partial charge in [0.2, 0.25) is 10.0 Å². The van der Waals surface area contributed by atoms with E-state index >= 15 is 0 Å². The van der Waals surface area contributed by atoms with E-state index in [-0.39, 0.29) is 21.4 Å². The Bertz CT molecular complexity index is 1010. The summed E-state index contributed by atoms with van der Waals surface area (Å²) in [6.07, 6.45) is 0.976. The molecule has 6 nitrogen and oxygen atoms in total. The maximum atomic E-state index is 12.9. The second kappa shape index (κ2) is 7.54. The molecule has 0 aliphatic rings. The summed E-state index contributed by atoms with van der Waals surface area (Å²) < 4.78 is 50.2. The number of benzene rings is 2. The van der Waals surface area contributed by atoms with Gasteiger partial charge in [-0.3, -0.25) is 0 Å². The molecule has 9 heteroatoms. The number of nitrogens with zero attached hydrogens (tertiary/aromatic N) is 2. The van der Waals surface area contributed by atoms with Crippen molar-refractivity contribution >= 4 is 31.5 Å². The number of rotatable bonds is 6. The minimum Gasteiger partial charge on any atom is -0.224 e. The molecule has 0 bridgehead atoms. The van der Waals surface area contributed by atoms with Crippen LogP contribution in [0.1, 0.15) is 5.56 Å². The van der Waals surface area contributed by atoms with Crippen LogP contribution in [0.5, 0.6) is 0 Å². The van der Waals surface area contributed by atoms with Gasteiger partial charge in [-0.15, -0.1) is 0 Å². The van der Waals surface area contributed by atoms with Crippen LogP contribution in [0.4, 0.5) is 0 Å². The predicted octanol–water partition coefficient (Wildman–Crippen LogP) is 2.46. The topological polar surface area (TPSA) is 95.3 Å². The molecule has 0 aromatic heterocycles. The van der Waals surface area contributed by atoms with Crippen LogP contribution in [0, 0.1) is 11.3 Å². The van der Waals surface area contributed by atoms with E-state index in [4.69, 9.17) is 16.9 Å². The minimum absolute atomic E-state index is 0.0316. The fourth-order valence-electron chi connectivity index (χ4n) is 2.14. The van der Waals surface area contributed by atoms with Gasteiger partial charge in [0, 0.05) is 12.8 Å². The normalized spacial score (nSPS) is 12.1. The molecular weight excluding hydrogens is 384 g/mol. The lowest BCUT2D eigenvalue weighted by Crippen LogP contribution is -2.31. The molecule has 0 aliphatic heterocycles. The van der Waals surface area contributed by atoms with E-state index in [0.717, 1.165) is 16.6 Å². The van der Waals surface area contributed by atoms with Gasteiger partial charge in [0.25, 0.3) is 0 Å². The highest BCUT2D eigenvalue weighted by molar-refractivity contribution is 7.91. The number of sulfone groups is 1. The van der Waals surface area contributed by atoms with Crippen LogP contribution in [0.2, 0.25) is 5.02 Å². The zero-order chi connectivity index (χ0) is 18.7. The molecule has 0 N–H and O–H groups in total. The van der Waals surface area contributed by atoms with Crippen molar-refractivity contribution in [2.24, 2.45) is 0 Å². The average Bonchev–Trinajstić information content (AvgIpc) is 2.54. The molecule has 132 valence electrons. The van der Waals surface area contributed by atoms with Crippen LogP contribution in [-0.4, -0.2) is 33.9 Å². The summed E-state index contributed by atoms with van der Waals surface area (Å²) >= 11 is 5.99. The molecule has 0 saturated heterocycles. The van der Waals surface area contributed by atoms with Crippen LogP contribution in [0.15, 0.2) is 58.3 Å².